The Morgan fingerprint density at radius 3 is 2.92 bits per heavy atom. The first kappa shape index (κ1) is 16.7. The van der Waals surface area contributed by atoms with E-state index in [0.29, 0.717) is 6.42 Å². The number of nitrogens with zero attached hydrogens (tertiary/aromatic N) is 3. The lowest BCUT2D eigenvalue weighted by molar-refractivity contribution is -0.141. The molecule has 132 valence electrons. The number of carbonyl (C=O) groups is 2. The van der Waals surface area contributed by atoms with Crippen LogP contribution in [-0.2, 0) is 22.3 Å². The van der Waals surface area contributed by atoms with E-state index in [2.05, 4.69) is 10.4 Å². The number of likely N-dealkylation sites (tertiary alicyclic amines) is 1. The Morgan fingerprint density at radius 1 is 1.50 bits per heavy atom. The fraction of sp³-hybridized carbons (Fsp3) is 0.643. The van der Waals surface area contributed by atoms with Gasteiger partial charge in [-0.3, -0.25) is 14.3 Å². The largest absolute Gasteiger partial charge is 0.435 e. The molecule has 3 heterocycles. The quantitative estimate of drug-likeness (QED) is 0.853. The molecule has 0 aliphatic carbocycles. The maximum absolute atomic E-state index is 13.1. The van der Waals surface area contributed by atoms with Gasteiger partial charge in [0.1, 0.15) is 6.61 Å². The topological polar surface area (TPSA) is 76.5 Å². The van der Waals surface area contributed by atoms with Gasteiger partial charge in [0.05, 0.1) is 17.7 Å². The van der Waals surface area contributed by atoms with E-state index >= 15 is 0 Å². The van der Waals surface area contributed by atoms with Crippen molar-refractivity contribution in [3.8, 4) is 0 Å². The van der Waals surface area contributed by atoms with E-state index < -0.39 is 29.4 Å². The van der Waals surface area contributed by atoms with E-state index in [0.717, 1.165) is 10.9 Å². The Balaban J connectivity index is 1.82. The van der Waals surface area contributed by atoms with Crippen LogP contribution in [0.25, 0.3) is 0 Å². The van der Waals surface area contributed by atoms with Crippen molar-refractivity contribution in [1.82, 2.24) is 20.0 Å². The van der Waals surface area contributed by atoms with Crippen LogP contribution >= 0.6 is 0 Å². The van der Waals surface area contributed by atoms with Gasteiger partial charge in [-0.15, -0.1) is 0 Å². The van der Waals surface area contributed by atoms with Crippen LogP contribution in [0.3, 0.4) is 0 Å². The standard InChI is InChI=1S/C14H17F3N4O3/c1-2-21-5-8(12(19-21)14(15,16)17)13(23)20-4-3-10-9(6-20)18-11(22)7-24-10/h5,9-10H,2-4,6-7H2,1H3,(H,18,22)/t9-,10+/m0/s1. The van der Waals surface area contributed by atoms with E-state index in [1.54, 1.807) is 6.92 Å². The summed E-state index contributed by atoms with van der Waals surface area (Å²) in [5.74, 6) is -1.03. The van der Waals surface area contributed by atoms with Gasteiger partial charge in [0.2, 0.25) is 5.91 Å². The molecule has 0 spiro atoms. The van der Waals surface area contributed by atoms with Gasteiger partial charge in [-0.2, -0.15) is 18.3 Å². The molecular weight excluding hydrogens is 329 g/mol. The summed E-state index contributed by atoms with van der Waals surface area (Å²) in [6.07, 6.45) is -3.34. The number of nitrogens with one attached hydrogen (secondary N) is 1. The molecule has 0 aromatic carbocycles. The van der Waals surface area contributed by atoms with Crippen LogP contribution in [-0.4, -0.2) is 58.3 Å². The number of amides is 2. The number of halogens is 3. The third-order valence-corrected chi connectivity index (χ3v) is 4.20. The van der Waals surface area contributed by atoms with Crippen LogP contribution in [0.4, 0.5) is 13.2 Å². The lowest BCUT2D eigenvalue weighted by Gasteiger charge is -2.41. The van der Waals surface area contributed by atoms with E-state index in [4.69, 9.17) is 4.74 Å². The number of carbonyl (C=O) groups excluding carboxylic acids is 2. The molecule has 0 unspecified atom stereocenters. The lowest BCUT2D eigenvalue weighted by Crippen LogP contribution is -2.61. The van der Waals surface area contributed by atoms with Crippen molar-refractivity contribution in [2.75, 3.05) is 19.7 Å². The van der Waals surface area contributed by atoms with Gasteiger partial charge in [0.15, 0.2) is 5.69 Å². The van der Waals surface area contributed by atoms with E-state index in [1.165, 1.54) is 4.90 Å². The zero-order chi connectivity index (χ0) is 17.5. The van der Waals surface area contributed by atoms with E-state index in [9.17, 15) is 22.8 Å². The second-order valence-corrected chi connectivity index (χ2v) is 5.81. The summed E-state index contributed by atoms with van der Waals surface area (Å²) in [5.41, 5.74) is -1.65. The Bertz CT molecular complexity index is 658. The predicted octanol–water partition coefficient (Wildman–Crippen LogP) is 0.651. The third kappa shape index (κ3) is 3.10. The Kier molecular flexibility index (Phi) is 4.24. The van der Waals surface area contributed by atoms with Crippen LogP contribution in [0.15, 0.2) is 6.20 Å². The monoisotopic (exact) mass is 346 g/mol. The molecule has 1 N–H and O–H groups in total. The minimum absolute atomic E-state index is 0.0311. The van der Waals surface area contributed by atoms with E-state index in [1.807, 2.05) is 0 Å². The summed E-state index contributed by atoms with van der Waals surface area (Å²) in [6.45, 7) is 2.22. The minimum Gasteiger partial charge on any atom is -0.366 e. The van der Waals surface area contributed by atoms with Gasteiger partial charge in [0.25, 0.3) is 5.91 Å². The van der Waals surface area contributed by atoms with Gasteiger partial charge in [-0.05, 0) is 13.3 Å². The molecule has 2 fully saturated rings. The van der Waals surface area contributed by atoms with Crippen molar-refractivity contribution in [3.05, 3.63) is 17.5 Å². The molecule has 3 rings (SSSR count). The molecule has 24 heavy (non-hydrogen) atoms. The number of hydrogen-bond donors (Lipinski definition) is 1. The first-order valence-electron chi connectivity index (χ1n) is 7.64. The maximum Gasteiger partial charge on any atom is 0.435 e. The van der Waals surface area contributed by atoms with Gasteiger partial charge < -0.3 is 15.0 Å². The molecule has 0 radical (unpaired) electrons. The van der Waals surface area contributed by atoms with Crippen molar-refractivity contribution in [3.63, 3.8) is 0 Å². The molecule has 1 aromatic rings. The van der Waals surface area contributed by atoms with Crippen molar-refractivity contribution in [1.29, 1.82) is 0 Å². The Hall–Kier alpha value is -2.10. The fourth-order valence-corrected chi connectivity index (χ4v) is 3.00. The number of aromatic nitrogens is 2. The molecule has 2 amide bonds. The molecule has 10 heteroatoms. The van der Waals surface area contributed by atoms with Crippen LogP contribution in [0, 0.1) is 0 Å². The molecule has 2 saturated heterocycles. The van der Waals surface area contributed by atoms with Crippen LogP contribution in [0.2, 0.25) is 0 Å². The number of rotatable bonds is 2. The summed E-state index contributed by atoms with van der Waals surface area (Å²) >= 11 is 0. The summed E-state index contributed by atoms with van der Waals surface area (Å²) in [5, 5.41) is 6.17. The summed E-state index contributed by atoms with van der Waals surface area (Å²) in [7, 11) is 0. The predicted molar refractivity (Wildman–Crippen MR) is 75.1 cm³/mol. The summed E-state index contributed by atoms with van der Waals surface area (Å²) < 4.78 is 45.8. The first-order chi connectivity index (χ1) is 11.3. The average Bonchev–Trinajstić information content (AvgIpc) is 2.98. The third-order valence-electron chi connectivity index (χ3n) is 4.20. The second kappa shape index (κ2) is 6.08. The van der Waals surface area contributed by atoms with Crippen molar-refractivity contribution >= 4 is 11.8 Å². The highest BCUT2D eigenvalue weighted by molar-refractivity contribution is 5.95. The minimum atomic E-state index is -4.70. The SMILES string of the molecule is CCn1cc(C(=O)N2CC[C@H]3OCC(=O)N[C@H]3C2)c(C(F)(F)F)n1. The molecular formula is C14H17F3N4O3. The van der Waals surface area contributed by atoms with Gasteiger partial charge in [-0.25, -0.2) is 0 Å². The number of hydrogen-bond acceptors (Lipinski definition) is 4. The van der Waals surface area contributed by atoms with Crippen LogP contribution in [0.1, 0.15) is 29.4 Å². The Labute approximate surface area is 135 Å². The average molecular weight is 346 g/mol. The zero-order valence-electron chi connectivity index (χ0n) is 13.0. The Morgan fingerprint density at radius 2 is 2.25 bits per heavy atom. The zero-order valence-corrected chi connectivity index (χ0v) is 13.0. The lowest BCUT2D eigenvalue weighted by atomic mass is 9.99. The number of aryl methyl sites for hydroxylation is 1. The fourth-order valence-electron chi connectivity index (χ4n) is 3.00. The molecule has 2 aliphatic heterocycles. The number of fused-ring (bicyclic) bond motifs is 1. The number of ether oxygens (including phenoxy) is 1. The van der Waals surface area contributed by atoms with Gasteiger partial charge in [0, 0.05) is 25.8 Å². The molecule has 2 atom stereocenters. The summed E-state index contributed by atoms with van der Waals surface area (Å²) in [6, 6.07) is -0.403. The van der Waals surface area contributed by atoms with E-state index in [-0.39, 0.29) is 38.3 Å². The van der Waals surface area contributed by atoms with Gasteiger partial charge >= 0.3 is 6.18 Å². The number of alkyl halides is 3. The molecule has 0 bridgehead atoms. The van der Waals surface area contributed by atoms with Crippen molar-refractivity contribution in [2.24, 2.45) is 0 Å². The van der Waals surface area contributed by atoms with Crippen LogP contribution in [0.5, 0.6) is 0 Å². The highest BCUT2D eigenvalue weighted by Gasteiger charge is 2.42. The second-order valence-electron chi connectivity index (χ2n) is 5.81. The van der Waals surface area contributed by atoms with Crippen molar-refractivity contribution in [2.45, 2.75) is 38.2 Å². The maximum atomic E-state index is 13.1. The van der Waals surface area contributed by atoms with Crippen LogP contribution < -0.4 is 5.32 Å². The normalized spacial score (nSPS) is 24.5. The summed E-state index contributed by atoms with van der Waals surface area (Å²) in [4.78, 5) is 25.3. The number of piperidine rings is 1. The highest BCUT2D eigenvalue weighted by Crippen LogP contribution is 2.32. The molecule has 2 aliphatic rings. The molecule has 1 aromatic heterocycles. The number of morpholine rings is 1. The molecule has 0 saturated carbocycles. The van der Waals surface area contributed by atoms with Gasteiger partial charge in [-0.1, -0.05) is 0 Å². The molecule has 7 nitrogen and oxygen atoms in total. The highest BCUT2D eigenvalue weighted by atomic mass is 19.4. The first-order valence-corrected chi connectivity index (χ1v) is 7.64. The smallest absolute Gasteiger partial charge is 0.366 e. The van der Waals surface area contributed by atoms with Crippen molar-refractivity contribution < 1.29 is 27.5 Å².